The number of ether oxygens (including phenoxy) is 6. The van der Waals surface area contributed by atoms with Crippen molar-refractivity contribution in [1.82, 2.24) is 4.98 Å². The van der Waals surface area contributed by atoms with Gasteiger partial charge in [0, 0.05) is 24.3 Å². The third-order valence-electron chi connectivity index (χ3n) is 15.1. The normalized spacial score (nSPS) is 16.7. The highest BCUT2D eigenvalue weighted by molar-refractivity contribution is 7.22. The van der Waals surface area contributed by atoms with E-state index in [9.17, 15) is 19.2 Å². The van der Waals surface area contributed by atoms with Crippen LogP contribution in [0.1, 0.15) is 147 Å². The Morgan fingerprint density at radius 2 is 1.06 bits per heavy atom. The molecule has 2 fully saturated rings. The largest absolute Gasteiger partial charge is 0.494 e. The molecule has 0 spiro atoms. The number of rotatable bonds is 39. The second-order valence-corrected chi connectivity index (χ2v) is 22.7. The van der Waals surface area contributed by atoms with Gasteiger partial charge in [-0.15, -0.1) is 0 Å². The average Bonchev–Trinajstić information content (AvgIpc) is 4.25. The molecule has 458 valence electrons. The van der Waals surface area contributed by atoms with Crippen LogP contribution in [0.5, 0.6) is 34.5 Å². The van der Waals surface area contributed by atoms with Crippen LogP contribution in [0.2, 0.25) is 0 Å². The molecule has 0 N–H and O–H groups in total. The Morgan fingerprint density at radius 1 is 0.565 bits per heavy atom. The Hall–Kier alpha value is -7.28. The van der Waals surface area contributed by atoms with Gasteiger partial charge in [0.1, 0.15) is 23.0 Å². The molecule has 4 aromatic carbocycles. The fourth-order valence-corrected chi connectivity index (χ4v) is 11.0. The first-order valence-electron chi connectivity index (χ1n) is 30.5. The first kappa shape index (κ1) is 65.3. The Bertz CT molecular complexity index is 2810. The summed E-state index contributed by atoms with van der Waals surface area (Å²) in [6.07, 6.45) is 22.6. The fraction of sp³-hybridized carbons (Fsp3) is 0.493. The molecule has 5 aromatic rings. The van der Waals surface area contributed by atoms with Crippen LogP contribution in [0.25, 0.3) is 10.2 Å². The molecule has 7 rings (SSSR count). The molecule has 2 aliphatic rings. The molecule has 0 bridgehead atoms. The summed E-state index contributed by atoms with van der Waals surface area (Å²) in [4.78, 5) is 77.5. The zero-order chi connectivity index (χ0) is 59.7. The van der Waals surface area contributed by atoms with Crippen molar-refractivity contribution < 1.29 is 67.1 Å². The predicted octanol–water partition coefficient (Wildman–Crippen LogP) is 14.9. The van der Waals surface area contributed by atoms with Crippen molar-refractivity contribution in [1.29, 1.82) is 0 Å². The highest BCUT2D eigenvalue weighted by Gasteiger charge is 2.30. The van der Waals surface area contributed by atoms with E-state index in [4.69, 9.17) is 58.1 Å². The van der Waals surface area contributed by atoms with Gasteiger partial charge in [0.15, 0.2) is 11.5 Å². The van der Waals surface area contributed by atoms with Gasteiger partial charge in [-0.05, 0) is 200 Å². The van der Waals surface area contributed by atoms with E-state index in [-0.39, 0.29) is 35.6 Å². The van der Waals surface area contributed by atoms with E-state index < -0.39 is 11.9 Å². The van der Waals surface area contributed by atoms with E-state index in [1.54, 1.807) is 47.9 Å². The number of carbonyl (C=O) groups is 4. The van der Waals surface area contributed by atoms with Crippen molar-refractivity contribution in [3.05, 3.63) is 122 Å². The molecule has 0 amide bonds. The van der Waals surface area contributed by atoms with Crippen LogP contribution >= 0.6 is 11.3 Å². The standard InChI is InChI=1S/C67H85N3O14S/c1-4-7-8-9-16-41-70(67-69-60-21-14-15-22-62(60)85-67)68-47-54-46-59(82-66(74)53-29-23-50(24-30-53)48-79-83-58-37-33-56(34-38-58)76-43-18-11-13-20-45-78-64(72)6-3)39-40-61(54)84-80-49-51-25-27-52(28-26-51)65(73)81-57-35-31-55(32-36-57)75-42-17-10-12-19-44-77-63(71)5-2/h5-6,14-15,21-22,31-40,46-47,50-53H,2-4,7-13,16-20,23-30,41-45,48-49H2,1H3/b68-47+. The maximum atomic E-state index is 13.7. The van der Waals surface area contributed by atoms with Gasteiger partial charge in [0.2, 0.25) is 5.13 Å². The number of nitrogens with zero attached hydrogens (tertiary/aromatic N) is 3. The maximum absolute atomic E-state index is 13.7. The molecule has 17 nitrogen and oxygen atoms in total. The molecular weight excluding hydrogens is 1100 g/mol. The van der Waals surface area contributed by atoms with Crippen molar-refractivity contribution in [2.45, 2.75) is 142 Å². The second kappa shape index (κ2) is 37.2. The zero-order valence-corrected chi connectivity index (χ0v) is 50.2. The number of anilines is 1. The van der Waals surface area contributed by atoms with Crippen molar-refractivity contribution >= 4 is 56.8 Å². The number of esters is 4. The van der Waals surface area contributed by atoms with Gasteiger partial charge < -0.3 is 38.2 Å². The van der Waals surface area contributed by atoms with Crippen molar-refractivity contribution in [3.63, 3.8) is 0 Å². The third-order valence-corrected chi connectivity index (χ3v) is 16.1. The number of fused-ring (bicyclic) bond motifs is 1. The van der Waals surface area contributed by atoms with Crippen LogP contribution in [0.4, 0.5) is 5.13 Å². The summed E-state index contributed by atoms with van der Waals surface area (Å²) in [6.45, 7) is 12.3. The number of aromatic nitrogens is 1. The lowest BCUT2D eigenvalue weighted by atomic mass is 9.82. The summed E-state index contributed by atoms with van der Waals surface area (Å²) in [6, 6.07) is 27.7. The lowest BCUT2D eigenvalue weighted by Gasteiger charge is -2.27. The number of unbranched alkanes of at least 4 members (excludes halogenated alkanes) is 10. The van der Waals surface area contributed by atoms with Crippen LogP contribution in [-0.4, -0.2) is 81.3 Å². The van der Waals surface area contributed by atoms with E-state index in [1.807, 2.05) is 59.6 Å². The summed E-state index contributed by atoms with van der Waals surface area (Å²) in [7, 11) is 0. The van der Waals surface area contributed by atoms with Crippen LogP contribution in [-0.2, 0) is 38.4 Å². The number of hydrogen-bond acceptors (Lipinski definition) is 18. The van der Waals surface area contributed by atoms with E-state index in [0.717, 1.165) is 124 Å². The number of para-hydroxylation sites is 1. The van der Waals surface area contributed by atoms with E-state index >= 15 is 0 Å². The molecule has 18 heteroatoms. The highest BCUT2D eigenvalue weighted by atomic mass is 32.1. The van der Waals surface area contributed by atoms with Crippen LogP contribution < -0.4 is 33.7 Å². The molecule has 0 atom stereocenters. The first-order chi connectivity index (χ1) is 41.7. The minimum Gasteiger partial charge on any atom is -0.494 e. The second-order valence-electron chi connectivity index (χ2n) is 21.7. The Balaban J connectivity index is 0.867. The number of hydrogen-bond donors (Lipinski definition) is 0. The van der Waals surface area contributed by atoms with E-state index in [1.165, 1.54) is 18.6 Å². The molecule has 2 saturated carbocycles. The van der Waals surface area contributed by atoms with Crippen LogP contribution in [0.15, 0.2) is 121 Å². The molecule has 85 heavy (non-hydrogen) atoms. The van der Waals surface area contributed by atoms with Gasteiger partial charge >= 0.3 is 23.9 Å². The summed E-state index contributed by atoms with van der Waals surface area (Å²) in [5.41, 5.74) is 1.49. The highest BCUT2D eigenvalue weighted by Crippen LogP contribution is 2.35. The molecule has 2 aliphatic carbocycles. The van der Waals surface area contributed by atoms with Gasteiger partial charge in [-0.3, -0.25) is 9.59 Å². The lowest BCUT2D eigenvalue weighted by Crippen LogP contribution is -2.27. The summed E-state index contributed by atoms with van der Waals surface area (Å²) >= 11 is 1.59. The summed E-state index contributed by atoms with van der Waals surface area (Å²) < 4.78 is 34.7. The van der Waals surface area contributed by atoms with Crippen LogP contribution in [0.3, 0.4) is 0 Å². The zero-order valence-electron chi connectivity index (χ0n) is 49.4. The summed E-state index contributed by atoms with van der Waals surface area (Å²) in [5.74, 6) is 1.89. The quantitative estimate of drug-likeness (QED) is 0.00686. The first-order valence-corrected chi connectivity index (χ1v) is 31.4. The number of carbonyl (C=O) groups excluding carboxylic acids is 4. The Kier molecular flexibility index (Phi) is 28.6. The third kappa shape index (κ3) is 23.6. The average molecular weight is 1190 g/mol. The topological polar surface area (TPSA) is 189 Å². The minimum absolute atomic E-state index is 0.171. The SMILES string of the molecule is C=CC(=O)OCCCCCCOc1ccc(OOCC2CCC(C(=O)Oc3ccc(OOCC4CCC(C(=O)Oc5ccc(OCCCCCCOC(=O)C=C)cc5)CC4)c(/C=N/N(CCCCCCC)c4nc5ccccc5s4)c3)CC2)cc1. The molecule has 0 saturated heterocycles. The van der Waals surface area contributed by atoms with Gasteiger partial charge in [-0.25, -0.2) is 19.6 Å². The van der Waals surface area contributed by atoms with Gasteiger partial charge in [0.25, 0.3) is 0 Å². The monoisotopic (exact) mass is 1190 g/mol. The smallest absolute Gasteiger partial charge is 0.330 e. The number of thiazole rings is 1. The van der Waals surface area contributed by atoms with Crippen molar-refractivity contribution in [3.8, 4) is 34.5 Å². The van der Waals surface area contributed by atoms with Gasteiger partial charge in [0.05, 0.1) is 67.9 Å². The van der Waals surface area contributed by atoms with Gasteiger partial charge in [-0.2, -0.15) is 14.9 Å². The van der Waals surface area contributed by atoms with E-state index in [0.29, 0.717) is 106 Å². The lowest BCUT2D eigenvalue weighted by molar-refractivity contribution is -0.218. The molecule has 0 unspecified atom stereocenters. The maximum Gasteiger partial charge on any atom is 0.330 e. The molecular formula is C67H85N3O14S. The number of benzene rings is 4. The summed E-state index contributed by atoms with van der Waals surface area (Å²) in [5, 5.41) is 7.72. The van der Waals surface area contributed by atoms with E-state index in [2.05, 4.69) is 26.1 Å². The van der Waals surface area contributed by atoms with Crippen LogP contribution in [0, 0.1) is 23.7 Å². The minimum atomic E-state index is -0.399. The Labute approximate surface area is 504 Å². The van der Waals surface area contributed by atoms with Gasteiger partial charge in [-0.1, -0.05) is 69.2 Å². The van der Waals surface area contributed by atoms with Crippen molar-refractivity contribution in [2.24, 2.45) is 28.8 Å². The number of hydrazone groups is 1. The fourth-order valence-electron chi connectivity index (χ4n) is 10.0. The molecule has 1 aromatic heterocycles. The Morgan fingerprint density at radius 3 is 1.62 bits per heavy atom. The molecule has 0 aliphatic heterocycles. The van der Waals surface area contributed by atoms with Crippen molar-refractivity contribution in [2.75, 3.05) is 51.2 Å². The molecule has 0 radical (unpaired) electrons. The molecule has 1 heterocycles. The predicted molar refractivity (Wildman–Crippen MR) is 328 cm³/mol.